The Hall–Kier alpha value is -2.35. The van der Waals surface area contributed by atoms with Gasteiger partial charge in [0.25, 0.3) is 5.91 Å². The van der Waals surface area contributed by atoms with Gasteiger partial charge in [-0.3, -0.25) is 4.79 Å². The number of nitrogens with one attached hydrogen (secondary N) is 1. The molecule has 2 heterocycles. The highest BCUT2D eigenvalue weighted by molar-refractivity contribution is 7.98. The Morgan fingerprint density at radius 2 is 2.04 bits per heavy atom. The third-order valence-corrected chi connectivity index (χ3v) is 4.89. The largest absolute Gasteiger partial charge is 0.449 e. The van der Waals surface area contributed by atoms with Gasteiger partial charge in [-0.2, -0.15) is 0 Å². The predicted octanol–water partition coefficient (Wildman–Crippen LogP) is 3.30. The van der Waals surface area contributed by atoms with Gasteiger partial charge in [-0.15, -0.1) is 11.8 Å². The molecule has 0 spiro atoms. The van der Waals surface area contributed by atoms with E-state index in [9.17, 15) is 9.59 Å². The van der Waals surface area contributed by atoms with Gasteiger partial charge in [0.2, 0.25) is 0 Å². The number of ether oxygens (including phenoxy) is 1. The lowest BCUT2D eigenvalue weighted by Crippen LogP contribution is -2.37. The number of aryl methyl sites for hydroxylation is 2. The molecular formula is C19H25N3O4S. The first-order chi connectivity index (χ1) is 12.8. The summed E-state index contributed by atoms with van der Waals surface area (Å²) in [5, 5.41) is 7.22. The van der Waals surface area contributed by atoms with E-state index in [1.165, 1.54) is 11.8 Å². The number of amides is 1. The molecule has 27 heavy (non-hydrogen) atoms. The van der Waals surface area contributed by atoms with Crippen molar-refractivity contribution in [3.8, 4) is 0 Å². The summed E-state index contributed by atoms with van der Waals surface area (Å²) in [5.74, 6) is 0.753. The summed E-state index contributed by atoms with van der Waals surface area (Å²) < 4.78 is 10.5. The third kappa shape index (κ3) is 5.82. The second kappa shape index (κ2) is 9.55. The maximum atomic E-state index is 12.5. The van der Waals surface area contributed by atoms with Crippen LogP contribution in [0.15, 0.2) is 27.9 Å². The second-order valence-electron chi connectivity index (χ2n) is 6.63. The molecule has 0 unspecified atom stereocenters. The van der Waals surface area contributed by atoms with Crippen molar-refractivity contribution >= 4 is 23.6 Å². The Morgan fingerprint density at radius 3 is 2.67 bits per heavy atom. The molecule has 146 valence electrons. The summed E-state index contributed by atoms with van der Waals surface area (Å²) in [7, 11) is 0. The van der Waals surface area contributed by atoms with Crippen LogP contribution in [0.2, 0.25) is 0 Å². The molecule has 0 saturated carbocycles. The van der Waals surface area contributed by atoms with Crippen LogP contribution in [-0.2, 0) is 15.3 Å². The highest BCUT2D eigenvalue weighted by atomic mass is 32.2. The first-order valence-corrected chi connectivity index (χ1v) is 9.76. The minimum absolute atomic E-state index is 0.314. The molecule has 0 aliphatic carbocycles. The van der Waals surface area contributed by atoms with Crippen molar-refractivity contribution < 1.29 is 18.8 Å². The average Bonchev–Trinajstić information content (AvgIpc) is 2.95. The van der Waals surface area contributed by atoms with Crippen LogP contribution in [0, 0.1) is 19.8 Å². The number of thioether (sulfide) groups is 1. The van der Waals surface area contributed by atoms with E-state index in [4.69, 9.17) is 9.26 Å². The first kappa shape index (κ1) is 21.0. The lowest BCUT2D eigenvalue weighted by molar-refractivity contribution is -0.129. The van der Waals surface area contributed by atoms with Crippen LogP contribution in [0.1, 0.15) is 48.1 Å². The van der Waals surface area contributed by atoms with Crippen LogP contribution < -0.4 is 5.32 Å². The Balaban J connectivity index is 2.03. The molecule has 0 radical (unpaired) electrons. The van der Waals surface area contributed by atoms with E-state index in [-0.39, 0.29) is 5.91 Å². The third-order valence-electron chi connectivity index (χ3n) is 3.86. The number of carbonyl (C=O) groups excluding carboxylic acids is 2. The van der Waals surface area contributed by atoms with Gasteiger partial charge in [0.05, 0.1) is 11.3 Å². The molecule has 1 N–H and O–H groups in total. The SMILES string of the molecule is Cc1noc(C)c1CSc1ncccc1C(=O)O[C@H](C)C(=O)NCC(C)C. The monoisotopic (exact) mass is 391 g/mol. The van der Waals surface area contributed by atoms with Crippen LogP contribution in [0.4, 0.5) is 0 Å². The zero-order valence-electron chi connectivity index (χ0n) is 16.2. The standard InChI is InChI=1S/C19H25N3O4S/c1-11(2)9-21-17(23)14(5)25-19(24)15-7-6-8-20-18(15)27-10-16-12(3)22-26-13(16)4/h6-8,11,14H,9-10H2,1-5H3,(H,21,23)/t14-/m1/s1. The molecule has 0 saturated heterocycles. The van der Waals surface area contributed by atoms with E-state index in [0.717, 1.165) is 17.0 Å². The minimum atomic E-state index is -0.878. The van der Waals surface area contributed by atoms with Crippen LogP contribution in [0.25, 0.3) is 0 Å². The Bertz CT molecular complexity index is 785. The minimum Gasteiger partial charge on any atom is -0.449 e. The van der Waals surface area contributed by atoms with E-state index in [0.29, 0.717) is 28.8 Å². The molecule has 2 aromatic rings. The van der Waals surface area contributed by atoms with Gasteiger partial charge in [-0.25, -0.2) is 9.78 Å². The normalized spacial score (nSPS) is 12.1. The van der Waals surface area contributed by atoms with Crippen molar-refractivity contribution in [3.63, 3.8) is 0 Å². The van der Waals surface area contributed by atoms with Gasteiger partial charge in [-0.1, -0.05) is 19.0 Å². The Labute approximate surface area is 163 Å². The summed E-state index contributed by atoms with van der Waals surface area (Å²) in [6.45, 7) is 9.80. The van der Waals surface area contributed by atoms with Gasteiger partial charge in [-0.05, 0) is 38.8 Å². The van der Waals surface area contributed by atoms with Gasteiger partial charge in [0.15, 0.2) is 6.10 Å². The van der Waals surface area contributed by atoms with Crippen molar-refractivity contribution in [1.29, 1.82) is 0 Å². The molecule has 2 aromatic heterocycles. The van der Waals surface area contributed by atoms with E-state index in [1.54, 1.807) is 25.3 Å². The molecule has 8 heteroatoms. The summed E-state index contributed by atoms with van der Waals surface area (Å²) in [4.78, 5) is 28.8. The number of carbonyl (C=O) groups is 2. The van der Waals surface area contributed by atoms with Crippen LogP contribution >= 0.6 is 11.8 Å². The van der Waals surface area contributed by atoms with E-state index >= 15 is 0 Å². The number of hydrogen-bond acceptors (Lipinski definition) is 7. The number of pyridine rings is 1. The van der Waals surface area contributed by atoms with Gasteiger partial charge < -0.3 is 14.6 Å². The molecule has 1 atom stereocenters. The van der Waals surface area contributed by atoms with Gasteiger partial charge in [0.1, 0.15) is 10.8 Å². The van der Waals surface area contributed by atoms with Gasteiger partial charge in [0, 0.05) is 24.1 Å². The zero-order valence-corrected chi connectivity index (χ0v) is 17.1. The highest BCUT2D eigenvalue weighted by Gasteiger charge is 2.22. The molecule has 2 rings (SSSR count). The number of rotatable bonds is 8. The van der Waals surface area contributed by atoms with E-state index in [1.807, 2.05) is 27.7 Å². The quantitative estimate of drug-likeness (QED) is 0.545. The van der Waals surface area contributed by atoms with Crippen molar-refractivity contribution in [2.24, 2.45) is 5.92 Å². The fraction of sp³-hybridized carbons (Fsp3) is 0.474. The lowest BCUT2D eigenvalue weighted by atomic mass is 10.2. The first-order valence-electron chi connectivity index (χ1n) is 8.77. The predicted molar refractivity (Wildman–Crippen MR) is 103 cm³/mol. The lowest BCUT2D eigenvalue weighted by Gasteiger charge is -2.15. The molecule has 1 amide bonds. The maximum absolute atomic E-state index is 12.5. The molecule has 7 nitrogen and oxygen atoms in total. The number of esters is 1. The van der Waals surface area contributed by atoms with Crippen molar-refractivity contribution in [3.05, 3.63) is 40.9 Å². The second-order valence-corrected chi connectivity index (χ2v) is 7.60. The smallest absolute Gasteiger partial charge is 0.341 e. The highest BCUT2D eigenvalue weighted by Crippen LogP contribution is 2.27. The fourth-order valence-corrected chi connectivity index (χ4v) is 3.37. The number of nitrogens with zero attached hydrogens (tertiary/aromatic N) is 2. The van der Waals surface area contributed by atoms with Crippen LogP contribution in [0.3, 0.4) is 0 Å². The van der Waals surface area contributed by atoms with Crippen LogP contribution in [0.5, 0.6) is 0 Å². The molecule has 0 aromatic carbocycles. The van der Waals surface area contributed by atoms with Crippen molar-refractivity contribution in [2.75, 3.05) is 6.54 Å². The van der Waals surface area contributed by atoms with E-state index < -0.39 is 12.1 Å². The molecular weight excluding hydrogens is 366 g/mol. The molecule has 0 bridgehead atoms. The Kier molecular flexibility index (Phi) is 7.41. The molecule has 0 fully saturated rings. The zero-order chi connectivity index (χ0) is 20.0. The van der Waals surface area contributed by atoms with Crippen molar-refractivity contribution in [1.82, 2.24) is 15.5 Å². The average molecular weight is 391 g/mol. The van der Waals surface area contributed by atoms with Crippen molar-refractivity contribution in [2.45, 2.75) is 51.5 Å². The molecule has 0 aliphatic heterocycles. The summed E-state index contributed by atoms with van der Waals surface area (Å²) in [6.07, 6.45) is 0.738. The number of aromatic nitrogens is 2. The summed E-state index contributed by atoms with van der Waals surface area (Å²) in [5.41, 5.74) is 2.12. The van der Waals surface area contributed by atoms with Crippen LogP contribution in [-0.4, -0.2) is 34.7 Å². The van der Waals surface area contributed by atoms with Gasteiger partial charge >= 0.3 is 5.97 Å². The number of hydrogen-bond donors (Lipinski definition) is 1. The maximum Gasteiger partial charge on any atom is 0.341 e. The van der Waals surface area contributed by atoms with E-state index in [2.05, 4.69) is 15.5 Å². The summed E-state index contributed by atoms with van der Waals surface area (Å²) in [6, 6.07) is 3.31. The fourth-order valence-electron chi connectivity index (χ4n) is 2.24. The Morgan fingerprint density at radius 1 is 1.30 bits per heavy atom. The topological polar surface area (TPSA) is 94.3 Å². The summed E-state index contributed by atoms with van der Waals surface area (Å²) >= 11 is 1.40. The molecule has 0 aliphatic rings.